The monoisotopic (exact) mass is 310 g/mol. The average Bonchev–Trinajstić information content (AvgIpc) is 2.33. The Morgan fingerprint density at radius 2 is 1.36 bits per heavy atom. The van der Waals surface area contributed by atoms with E-state index in [0.717, 1.165) is 25.7 Å². The van der Waals surface area contributed by atoms with E-state index in [4.69, 9.17) is 9.47 Å². The van der Waals surface area contributed by atoms with Gasteiger partial charge in [-0.25, -0.2) is 0 Å². The fourth-order valence-corrected chi connectivity index (χ4v) is 3.28. The maximum absolute atomic E-state index is 12.3. The van der Waals surface area contributed by atoms with Crippen molar-refractivity contribution in [3.05, 3.63) is 0 Å². The predicted octanol–water partition coefficient (Wildman–Crippen LogP) is 2.06. The SMILES string of the molecule is O=C(OCC1CCC1)C(C(=O)OCC1CCC1)C1CC(O)C1. The lowest BCUT2D eigenvalue weighted by Crippen LogP contribution is -2.43. The van der Waals surface area contributed by atoms with Gasteiger partial charge in [-0.15, -0.1) is 0 Å². The molecule has 3 fully saturated rings. The van der Waals surface area contributed by atoms with Crippen molar-refractivity contribution in [2.45, 2.75) is 57.5 Å². The summed E-state index contributed by atoms with van der Waals surface area (Å²) in [6.07, 6.45) is 7.39. The number of carbonyl (C=O) groups excluding carboxylic acids is 2. The molecule has 3 rings (SSSR count). The molecule has 22 heavy (non-hydrogen) atoms. The maximum Gasteiger partial charge on any atom is 0.320 e. The van der Waals surface area contributed by atoms with Crippen LogP contribution in [0.3, 0.4) is 0 Å². The molecular weight excluding hydrogens is 284 g/mol. The highest BCUT2D eigenvalue weighted by Crippen LogP contribution is 2.36. The summed E-state index contributed by atoms with van der Waals surface area (Å²) in [6, 6.07) is 0. The molecule has 0 bridgehead atoms. The van der Waals surface area contributed by atoms with Gasteiger partial charge < -0.3 is 14.6 Å². The van der Waals surface area contributed by atoms with E-state index in [-0.39, 0.29) is 5.92 Å². The Bertz CT molecular complexity index is 377. The summed E-state index contributed by atoms with van der Waals surface area (Å²) in [5, 5.41) is 9.46. The van der Waals surface area contributed by atoms with Gasteiger partial charge >= 0.3 is 11.9 Å². The Morgan fingerprint density at radius 3 is 1.68 bits per heavy atom. The van der Waals surface area contributed by atoms with Crippen LogP contribution in [0.2, 0.25) is 0 Å². The molecule has 124 valence electrons. The second-order valence-electron chi connectivity index (χ2n) is 7.22. The zero-order chi connectivity index (χ0) is 15.5. The number of hydrogen-bond donors (Lipinski definition) is 1. The summed E-state index contributed by atoms with van der Waals surface area (Å²) in [5.41, 5.74) is 0. The third-order valence-electron chi connectivity index (χ3n) is 5.50. The van der Waals surface area contributed by atoms with E-state index >= 15 is 0 Å². The van der Waals surface area contributed by atoms with Crippen LogP contribution < -0.4 is 0 Å². The molecule has 0 aromatic rings. The summed E-state index contributed by atoms with van der Waals surface area (Å²) in [7, 11) is 0. The van der Waals surface area contributed by atoms with Crippen molar-refractivity contribution in [2.24, 2.45) is 23.7 Å². The number of rotatable bonds is 7. The lowest BCUT2D eigenvalue weighted by molar-refractivity contribution is -0.171. The van der Waals surface area contributed by atoms with Crippen molar-refractivity contribution in [2.75, 3.05) is 13.2 Å². The van der Waals surface area contributed by atoms with Crippen molar-refractivity contribution >= 4 is 11.9 Å². The lowest BCUT2D eigenvalue weighted by Gasteiger charge is -2.36. The van der Waals surface area contributed by atoms with Crippen molar-refractivity contribution in [3.63, 3.8) is 0 Å². The molecule has 5 nitrogen and oxygen atoms in total. The summed E-state index contributed by atoms with van der Waals surface area (Å²) in [4.78, 5) is 24.6. The topological polar surface area (TPSA) is 72.8 Å². The van der Waals surface area contributed by atoms with E-state index in [1.807, 2.05) is 0 Å². The van der Waals surface area contributed by atoms with E-state index in [9.17, 15) is 14.7 Å². The van der Waals surface area contributed by atoms with Crippen molar-refractivity contribution < 1.29 is 24.2 Å². The molecule has 0 saturated heterocycles. The second kappa shape index (κ2) is 6.99. The molecular formula is C17H26O5. The van der Waals surface area contributed by atoms with E-state index in [2.05, 4.69) is 0 Å². The lowest BCUT2D eigenvalue weighted by atomic mass is 9.73. The van der Waals surface area contributed by atoms with E-state index in [1.54, 1.807) is 0 Å². The number of carbonyl (C=O) groups is 2. The Kier molecular flexibility index (Phi) is 5.01. The smallest absolute Gasteiger partial charge is 0.320 e. The molecule has 3 aliphatic carbocycles. The molecule has 0 heterocycles. The van der Waals surface area contributed by atoms with Gasteiger partial charge in [0.15, 0.2) is 5.92 Å². The Morgan fingerprint density at radius 1 is 0.909 bits per heavy atom. The largest absolute Gasteiger partial charge is 0.465 e. The highest BCUT2D eigenvalue weighted by molar-refractivity contribution is 5.95. The minimum atomic E-state index is -0.844. The third kappa shape index (κ3) is 3.62. The molecule has 0 radical (unpaired) electrons. The van der Waals surface area contributed by atoms with Gasteiger partial charge in [-0.1, -0.05) is 12.8 Å². The molecule has 3 aliphatic rings. The van der Waals surface area contributed by atoms with Crippen molar-refractivity contribution in [1.82, 2.24) is 0 Å². The normalized spacial score (nSPS) is 28.5. The van der Waals surface area contributed by atoms with Crippen LogP contribution in [0.1, 0.15) is 51.4 Å². The van der Waals surface area contributed by atoms with Crippen LogP contribution in [0.15, 0.2) is 0 Å². The molecule has 3 saturated carbocycles. The molecule has 1 N–H and O–H groups in total. The fourth-order valence-electron chi connectivity index (χ4n) is 3.28. The van der Waals surface area contributed by atoms with Gasteiger partial charge in [0.2, 0.25) is 0 Å². The van der Waals surface area contributed by atoms with Crippen LogP contribution in [0.4, 0.5) is 0 Å². The van der Waals surface area contributed by atoms with Crippen LogP contribution in [0, 0.1) is 23.7 Å². The molecule has 0 aromatic carbocycles. The highest BCUT2D eigenvalue weighted by atomic mass is 16.6. The number of ether oxygens (including phenoxy) is 2. The van der Waals surface area contributed by atoms with Gasteiger partial charge in [0.25, 0.3) is 0 Å². The van der Waals surface area contributed by atoms with Gasteiger partial charge in [0.05, 0.1) is 19.3 Å². The van der Waals surface area contributed by atoms with Gasteiger partial charge in [-0.3, -0.25) is 9.59 Å². The first-order chi connectivity index (χ1) is 10.6. The molecule has 0 unspecified atom stereocenters. The summed E-state index contributed by atoms with van der Waals surface area (Å²) in [6.45, 7) is 0.834. The first-order valence-corrected chi connectivity index (χ1v) is 8.65. The van der Waals surface area contributed by atoms with Crippen LogP contribution in [0.5, 0.6) is 0 Å². The Labute approximate surface area is 131 Å². The molecule has 0 aliphatic heterocycles. The van der Waals surface area contributed by atoms with Gasteiger partial charge in [0.1, 0.15) is 0 Å². The average molecular weight is 310 g/mol. The highest BCUT2D eigenvalue weighted by Gasteiger charge is 2.44. The van der Waals surface area contributed by atoms with Gasteiger partial charge in [-0.2, -0.15) is 0 Å². The van der Waals surface area contributed by atoms with Gasteiger partial charge in [-0.05, 0) is 56.3 Å². The summed E-state index contributed by atoms with van der Waals surface area (Å²) >= 11 is 0. The molecule has 5 heteroatoms. The zero-order valence-electron chi connectivity index (χ0n) is 13.0. The molecule has 0 amide bonds. The molecule has 0 atom stereocenters. The fraction of sp³-hybridized carbons (Fsp3) is 0.882. The maximum atomic E-state index is 12.3. The standard InChI is InChI=1S/C17H26O5/c18-14-7-13(8-14)15(16(19)21-9-11-3-1-4-11)17(20)22-10-12-5-2-6-12/h11-15,18H,1-10H2. The number of aliphatic hydroxyl groups is 1. The minimum Gasteiger partial charge on any atom is -0.465 e. The van der Waals surface area contributed by atoms with Crippen molar-refractivity contribution in [3.8, 4) is 0 Å². The quantitative estimate of drug-likeness (QED) is 0.575. The number of aliphatic hydroxyl groups excluding tert-OH is 1. The Hall–Kier alpha value is -1.10. The van der Waals surface area contributed by atoms with Crippen LogP contribution >= 0.6 is 0 Å². The third-order valence-corrected chi connectivity index (χ3v) is 5.50. The number of hydrogen-bond acceptors (Lipinski definition) is 5. The van der Waals surface area contributed by atoms with Gasteiger partial charge in [0, 0.05) is 0 Å². The minimum absolute atomic E-state index is 0.127. The predicted molar refractivity (Wildman–Crippen MR) is 78.8 cm³/mol. The Balaban J connectivity index is 1.50. The van der Waals surface area contributed by atoms with Crippen LogP contribution in [-0.4, -0.2) is 36.4 Å². The molecule has 0 spiro atoms. The summed E-state index contributed by atoms with van der Waals surface area (Å²) in [5.74, 6) is -0.962. The zero-order valence-corrected chi connectivity index (χ0v) is 13.0. The second-order valence-corrected chi connectivity index (χ2v) is 7.22. The van der Waals surface area contributed by atoms with Crippen molar-refractivity contribution in [1.29, 1.82) is 0 Å². The first kappa shape index (κ1) is 15.8. The molecule has 0 aromatic heterocycles. The van der Waals surface area contributed by atoms with E-state index < -0.39 is 24.0 Å². The van der Waals surface area contributed by atoms with Crippen LogP contribution in [0.25, 0.3) is 0 Å². The van der Waals surface area contributed by atoms with Crippen LogP contribution in [-0.2, 0) is 19.1 Å². The van der Waals surface area contributed by atoms with E-state index in [0.29, 0.717) is 37.9 Å². The summed E-state index contributed by atoms with van der Waals surface area (Å²) < 4.78 is 10.7. The van der Waals surface area contributed by atoms with E-state index in [1.165, 1.54) is 12.8 Å². The number of esters is 2. The first-order valence-electron chi connectivity index (χ1n) is 8.65.